The predicted octanol–water partition coefficient (Wildman–Crippen LogP) is 4.25. The van der Waals surface area contributed by atoms with E-state index in [1.807, 2.05) is 73.2 Å². The maximum absolute atomic E-state index is 5.17. The monoisotopic (exact) mass is 306 g/mol. The van der Waals surface area contributed by atoms with E-state index in [0.29, 0.717) is 0 Å². The molecule has 0 aliphatic rings. The highest BCUT2D eigenvalue weighted by atomic mass is 16.5. The number of nitrogens with zero attached hydrogens (tertiary/aromatic N) is 2. The van der Waals surface area contributed by atoms with Crippen LogP contribution in [0.15, 0.2) is 72.0 Å². The van der Waals surface area contributed by atoms with Crippen molar-refractivity contribution in [3.8, 4) is 17.2 Å². The lowest BCUT2D eigenvalue weighted by Gasteiger charge is -2.04. The lowest BCUT2D eigenvalue weighted by molar-refractivity contribution is 0.414. The van der Waals surface area contributed by atoms with Crippen LogP contribution < -0.4 is 9.47 Å². The second-order valence-corrected chi connectivity index (χ2v) is 5.01. The fourth-order valence-electron chi connectivity index (χ4n) is 2.22. The van der Waals surface area contributed by atoms with E-state index in [9.17, 15) is 0 Å². The molecule has 0 fully saturated rings. The van der Waals surface area contributed by atoms with Crippen LogP contribution in [0.5, 0.6) is 11.5 Å². The molecule has 4 heteroatoms. The second kappa shape index (κ2) is 6.83. The Morgan fingerprint density at radius 1 is 0.826 bits per heavy atom. The van der Waals surface area contributed by atoms with Gasteiger partial charge in [0.05, 0.1) is 19.9 Å². The van der Waals surface area contributed by atoms with Crippen LogP contribution in [-0.4, -0.2) is 25.0 Å². The molecule has 0 N–H and O–H groups in total. The highest BCUT2D eigenvalue weighted by Crippen LogP contribution is 2.18. The standard InChI is InChI=1S/C19H18N2O2/c1-22-18-7-3-16(4-8-18)20-13-15-11-12-21(14-15)17-5-9-19(23-2)10-6-17/h3-14H,1-2H3. The predicted molar refractivity (Wildman–Crippen MR) is 92.6 cm³/mol. The first-order chi connectivity index (χ1) is 11.3. The molecule has 2 aromatic carbocycles. The summed E-state index contributed by atoms with van der Waals surface area (Å²) in [7, 11) is 3.32. The number of methoxy groups -OCH3 is 2. The van der Waals surface area contributed by atoms with Crippen LogP contribution in [0.25, 0.3) is 5.69 Å². The van der Waals surface area contributed by atoms with Crippen LogP contribution in [0.4, 0.5) is 5.69 Å². The van der Waals surface area contributed by atoms with Crippen molar-refractivity contribution >= 4 is 11.9 Å². The van der Waals surface area contributed by atoms with Gasteiger partial charge in [-0.3, -0.25) is 4.99 Å². The summed E-state index contributed by atoms with van der Waals surface area (Å²) in [6, 6.07) is 17.6. The van der Waals surface area contributed by atoms with Crippen molar-refractivity contribution in [2.45, 2.75) is 0 Å². The molecule has 3 rings (SSSR count). The summed E-state index contributed by atoms with van der Waals surface area (Å²) in [5, 5.41) is 0. The fourth-order valence-corrected chi connectivity index (χ4v) is 2.22. The van der Waals surface area contributed by atoms with Crippen molar-refractivity contribution in [2.24, 2.45) is 4.99 Å². The SMILES string of the molecule is COc1ccc(N=Cc2ccn(-c3ccc(OC)cc3)c2)cc1. The molecule has 0 aliphatic heterocycles. The van der Waals surface area contributed by atoms with Crippen LogP contribution in [0.1, 0.15) is 5.56 Å². The number of hydrogen-bond acceptors (Lipinski definition) is 3. The molecule has 0 amide bonds. The zero-order valence-electron chi connectivity index (χ0n) is 13.1. The van der Waals surface area contributed by atoms with E-state index in [-0.39, 0.29) is 0 Å². The Hall–Kier alpha value is -3.01. The molecular weight excluding hydrogens is 288 g/mol. The minimum absolute atomic E-state index is 0.828. The molecule has 0 atom stereocenters. The average Bonchev–Trinajstić information content (AvgIpc) is 3.09. The Bertz CT molecular complexity index is 787. The number of rotatable bonds is 5. The minimum Gasteiger partial charge on any atom is -0.497 e. The smallest absolute Gasteiger partial charge is 0.119 e. The van der Waals surface area contributed by atoms with Gasteiger partial charge in [0.15, 0.2) is 0 Å². The third-order valence-electron chi connectivity index (χ3n) is 3.52. The van der Waals surface area contributed by atoms with Crippen molar-refractivity contribution in [3.05, 3.63) is 72.6 Å². The average molecular weight is 306 g/mol. The van der Waals surface area contributed by atoms with Gasteiger partial charge in [-0.05, 0) is 54.6 Å². The number of aromatic nitrogens is 1. The Morgan fingerprint density at radius 3 is 2.04 bits per heavy atom. The van der Waals surface area contributed by atoms with Gasteiger partial charge >= 0.3 is 0 Å². The van der Waals surface area contributed by atoms with Crippen LogP contribution in [0.3, 0.4) is 0 Å². The van der Waals surface area contributed by atoms with Gasteiger partial charge in [-0.15, -0.1) is 0 Å². The summed E-state index contributed by atoms with van der Waals surface area (Å²) in [4.78, 5) is 4.47. The van der Waals surface area contributed by atoms with Gasteiger partial charge in [0.25, 0.3) is 0 Å². The van der Waals surface area contributed by atoms with Crippen molar-refractivity contribution in [1.82, 2.24) is 4.57 Å². The molecule has 23 heavy (non-hydrogen) atoms. The van der Waals surface area contributed by atoms with E-state index in [4.69, 9.17) is 9.47 Å². The van der Waals surface area contributed by atoms with E-state index in [1.165, 1.54) is 0 Å². The maximum atomic E-state index is 5.17. The largest absolute Gasteiger partial charge is 0.497 e. The molecule has 0 spiro atoms. The van der Waals surface area contributed by atoms with Gasteiger partial charge in [0.2, 0.25) is 0 Å². The van der Waals surface area contributed by atoms with Gasteiger partial charge in [0.1, 0.15) is 11.5 Å². The van der Waals surface area contributed by atoms with E-state index < -0.39 is 0 Å². The van der Waals surface area contributed by atoms with Crippen LogP contribution in [0.2, 0.25) is 0 Å². The van der Waals surface area contributed by atoms with E-state index in [2.05, 4.69) is 9.56 Å². The number of hydrogen-bond donors (Lipinski definition) is 0. The van der Waals surface area contributed by atoms with Crippen molar-refractivity contribution in [3.63, 3.8) is 0 Å². The summed E-state index contributed by atoms with van der Waals surface area (Å²) in [5.74, 6) is 1.68. The first kappa shape index (κ1) is 14.9. The lowest BCUT2D eigenvalue weighted by atomic mass is 10.3. The molecule has 0 bridgehead atoms. The Labute approximate surface area is 135 Å². The molecule has 4 nitrogen and oxygen atoms in total. The first-order valence-corrected chi connectivity index (χ1v) is 7.29. The van der Waals surface area contributed by atoms with Gasteiger partial charge in [-0.2, -0.15) is 0 Å². The summed E-state index contributed by atoms with van der Waals surface area (Å²) < 4.78 is 12.4. The molecule has 0 unspecified atom stereocenters. The van der Waals surface area contributed by atoms with Crippen LogP contribution in [0, 0.1) is 0 Å². The quantitative estimate of drug-likeness (QED) is 0.661. The van der Waals surface area contributed by atoms with Crippen molar-refractivity contribution in [2.75, 3.05) is 14.2 Å². The van der Waals surface area contributed by atoms with Gasteiger partial charge < -0.3 is 14.0 Å². The van der Waals surface area contributed by atoms with Gasteiger partial charge in [-0.1, -0.05) is 0 Å². The molecule has 1 heterocycles. The summed E-state index contributed by atoms with van der Waals surface area (Å²) in [6.45, 7) is 0. The van der Waals surface area contributed by atoms with Gasteiger partial charge in [0, 0.05) is 29.9 Å². The molecule has 0 saturated heterocycles. The third kappa shape index (κ3) is 3.61. The molecule has 0 saturated carbocycles. The number of benzene rings is 2. The molecule has 1 aromatic heterocycles. The molecular formula is C19H18N2O2. The number of ether oxygens (including phenoxy) is 2. The Morgan fingerprint density at radius 2 is 1.43 bits per heavy atom. The zero-order valence-corrected chi connectivity index (χ0v) is 13.1. The number of aliphatic imine (C=N–C) groups is 1. The Balaban J connectivity index is 1.74. The highest BCUT2D eigenvalue weighted by molar-refractivity contribution is 5.81. The van der Waals surface area contributed by atoms with Crippen molar-refractivity contribution < 1.29 is 9.47 Å². The molecule has 0 radical (unpaired) electrons. The molecule has 116 valence electrons. The topological polar surface area (TPSA) is 35.8 Å². The second-order valence-electron chi connectivity index (χ2n) is 5.01. The summed E-state index contributed by atoms with van der Waals surface area (Å²) >= 11 is 0. The summed E-state index contributed by atoms with van der Waals surface area (Å²) in [5.41, 5.74) is 3.01. The normalized spacial score (nSPS) is 10.9. The zero-order chi connectivity index (χ0) is 16.1. The third-order valence-corrected chi connectivity index (χ3v) is 3.52. The summed E-state index contributed by atoms with van der Waals surface area (Å²) in [6.07, 6.45) is 5.90. The van der Waals surface area contributed by atoms with Crippen LogP contribution >= 0.6 is 0 Å². The van der Waals surface area contributed by atoms with Gasteiger partial charge in [-0.25, -0.2) is 0 Å². The van der Waals surface area contributed by atoms with Crippen LogP contribution in [-0.2, 0) is 0 Å². The fraction of sp³-hybridized carbons (Fsp3) is 0.105. The van der Waals surface area contributed by atoms with E-state index in [1.54, 1.807) is 14.2 Å². The highest BCUT2D eigenvalue weighted by Gasteiger charge is 1.99. The lowest BCUT2D eigenvalue weighted by Crippen LogP contribution is -1.90. The maximum Gasteiger partial charge on any atom is 0.119 e. The molecule has 3 aromatic rings. The minimum atomic E-state index is 0.828. The Kier molecular flexibility index (Phi) is 4.43. The van der Waals surface area contributed by atoms with Crippen molar-refractivity contribution in [1.29, 1.82) is 0 Å². The first-order valence-electron chi connectivity index (χ1n) is 7.29. The molecule has 0 aliphatic carbocycles. The van der Waals surface area contributed by atoms with E-state index >= 15 is 0 Å². The van der Waals surface area contributed by atoms with E-state index in [0.717, 1.165) is 28.4 Å².